The van der Waals surface area contributed by atoms with Crippen LogP contribution >= 0.6 is 12.6 Å². The molecule has 4 amide bonds. The van der Waals surface area contributed by atoms with Gasteiger partial charge in [-0.25, -0.2) is 4.79 Å². The molecule has 4 atom stereocenters. The first-order valence-electron chi connectivity index (χ1n) is 10.8. The van der Waals surface area contributed by atoms with Crippen molar-refractivity contribution < 1.29 is 29.1 Å². The van der Waals surface area contributed by atoms with Crippen molar-refractivity contribution in [2.45, 2.75) is 62.7 Å². The first-order valence-corrected chi connectivity index (χ1v) is 11.4. The molecule has 0 aromatic rings. The third-order valence-corrected chi connectivity index (χ3v) is 5.60. The van der Waals surface area contributed by atoms with Gasteiger partial charge in [0.2, 0.25) is 23.6 Å². The van der Waals surface area contributed by atoms with Gasteiger partial charge in [0.15, 0.2) is 5.96 Å². The molecule has 34 heavy (non-hydrogen) atoms. The van der Waals surface area contributed by atoms with Crippen molar-refractivity contribution in [1.82, 2.24) is 15.5 Å². The molecule has 1 rings (SSSR count). The molecule has 1 aliphatic rings. The Morgan fingerprint density at radius 2 is 1.71 bits per heavy atom. The van der Waals surface area contributed by atoms with Gasteiger partial charge < -0.3 is 43.6 Å². The Hall–Kier alpha value is -3.07. The van der Waals surface area contributed by atoms with Crippen molar-refractivity contribution in [2.75, 3.05) is 18.8 Å². The monoisotopic (exact) mass is 502 g/mol. The summed E-state index contributed by atoms with van der Waals surface area (Å²) in [6.45, 7) is 0.515. The van der Waals surface area contributed by atoms with Gasteiger partial charge in [-0.3, -0.25) is 24.2 Å². The molecular weight excluding hydrogens is 468 g/mol. The zero-order chi connectivity index (χ0) is 25.8. The van der Waals surface area contributed by atoms with Gasteiger partial charge in [0.05, 0.1) is 6.04 Å². The molecule has 0 bridgehead atoms. The maximum atomic E-state index is 12.9. The number of nitrogens with zero attached hydrogens (tertiary/aromatic N) is 2. The summed E-state index contributed by atoms with van der Waals surface area (Å²) in [5.74, 6) is -3.99. The molecule has 192 valence electrons. The molecule has 0 saturated carbocycles. The van der Waals surface area contributed by atoms with Gasteiger partial charge in [0, 0.05) is 25.3 Å². The molecule has 15 heteroatoms. The topological polar surface area (TPSA) is 249 Å². The summed E-state index contributed by atoms with van der Waals surface area (Å²) in [6.07, 6.45) is 1.16. The number of guanidine groups is 1. The summed E-state index contributed by atoms with van der Waals surface area (Å²) in [5, 5.41) is 14.3. The summed E-state index contributed by atoms with van der Waals surface area (Å²) < 4.78 is 0. The number of nitrogens with two attached hydrogens (primary N) is 4. The standard InChI is InChI=1S/C19H34N8O6S/c20-10(3-1-7-24-19(22)23)15(29)25-11(5-6-14(21)28)16(30)26-12(9-34)17(31)27-8-2-4-13(27)18(32)33/h10-13,34H,1-9,20H2,(H2,21,28)(H,25,29)(H,26,30)(H,32,33)(H4,22,23,24). The minimum absolute atomic E-state index is 0.0851. The molecule has 0 radical (unpaired) electrons. The molecule has 1 fully saturated rings. The highest BCUT2D eigenvalue weighted by atomic mass is 32.1. The largest absolute Gasteiger partial charge is 0.480 e. The van der Waals surface area contributed by atoms with E-state index in [4.69, 9.17) is 22.9 Å². The quantitative estimate of drug-likeness (QED) is 0.0509. The fourth-order valence-corrected chi connectivity index (χ4v) is 3.68. The second-order valence-corrected chi connectivity index (χ2v) is 8.26. The van der Waals surface area contributed by atoms with Crippen LogP contribution in [-0.4, -0.2) is 88.6 Å². The number of nitrogens with one attached hydrogen (secondary N) is 2. The molecule has 14 nitrogen and oxygen atoms in total. The predicted octanol–water partition coefficient (Wildman–Crippen LogP) is -3.39. The molecule has 11 N–H and O–H groups in total. The van der Waals surface area contributed by atoms with Crippen LogP contribution in [0.25, 0.3) is 0 Å². The Kier molecular flexibility index (Phi) is 12.1. The van der Waals surface area contributed by atoms with Gasteiger partial charge in [-0.2, -0.15) is 12.6 Å². The van der Waals surface area contributed by atoms with E-state index in [1.165, 1.54) is 4.90 Å². The van der Waals surface area contributed by atoms with Crippen LogP contribution < -0.4 is 33.6 Å². The van der Waals surface area contributed by atoms with E-state index in [0.29, 0.717) is 19.3 Å². The van der Waals surface area contributed by atoms with Crippen LogP contribution in [0.4, 0.5) is 0 Å². The highest BCUT2D eigenvalue weighted by Crippen LogP contribution is 2.19. The minimum atomic E-state index is -1.20. The number of thiol groups is 1. The molecule has 0 aliphatic carbocycles. The minimum Gasteiger partial charge on any atom is -0.480 e. The normalized spacial score (nSPS) is 17.8. The molecule has 0 aromatic carbocycles. The van der Waals surface area contributed by atoms with Gasteiger partial charge in [0.25, 0.3) is 0 Å². The number of aliphatic imine (C=N–C) groups is 1. The van der Waals surface area contributed by atoms with E-state index in [0.717, 1.165) is 0 Å². The number of aliphatic carboxylic acids is 1. The van der Waals surface area contributed by atoms with E-state index >= 15 is 0 Å². The average Bonchev–Trinajstić information content (AvgIpc) is 3.26. The number of amides is 4. The molecule has 1 heterocycles. The maximum absolute atomic E-state index is 12.9. The number of carboxylic acids is 1. The highest BCUT2D eigenvalue weighted by Gasteiger charge is 2.38. The van der Waals surface area contributed by atoms with Crippen LogP contribution in [0.3, 0.4) is 0 Å². The lowest BCUT2D eigenvalue weighted by molar-refractivity contribution is -0.149. The predicted molar refractivity (Wildman–Crippen MR) is 126 cm³/mol. The van der Waals surface area contributed by atoms with E-state index in [1.807, 2.05) is 0 Å². The van der Waals surface area contributed by atoms with Crippen LogP contribution in [0, 0.1) is 0 Å². The van der Waals surface area contributed by atoms with Crippen LogP contribution in [0.2, 0.25) is 0 Å². The lowest BCUT2D eigenvalue weighted by atomic mass is 10.1. The van der Waals surface area contributed by atoms with Gasteiger partial charge in [0.1, 0.15) is 18.1 Å². The number of carboxylic acid groups (broad SMARTS) is 1. The van der Waals surface area contributed by atoms with Crippen LogP contribution in [0.1, 0.15) is 38.5 Å². The average molecular weight is 503 g/mol. The molecule has 0 spiro atoms. The number of rotatable bonds is 14. The zero-order valence-electron chi connectivity index (χ0n) is 18.8. The van der Waals surface area contributed by atoms with Crippen molar-refractivity contribution in [2.24, 2.45) is 27.9 Å². The lowest BCUT2D eigenvalue weighted by Crippen LogP contribution is -2.57. The summed E-state index contributed by atoms with van der Waals surface area (Å²) in [4.78, 5) is 65.8. The van der Waals surface area contributed by atoms with E-state index in [2.05, 4.69) is 28.3 Å². The Labute approximate surface area is 202 Å². The van der Waals surface area contributed by atoms with Crippen molar-refractivity contribution in [3.8, 4) is 0 Å². The van der Waals surface area contributed by atoms with E-state index in [9.17, 15) is 29.1 Å². The van der Waals surface area contributed by atoms with Crippen molar-refractivity contribution >= 4 is 48.2 Å². The Morgan fingerprint density at radius 1 is 1.06 bits per heavy atom. The smallest absolute Gasteiger partial charge is 0.326 e. The molecule has 1 aliphatic heterocycles. The Bertz CT molecular complexity index is 791. The fourth-order valence-electron chi connectivity index (χ4n) is 3.43. The fraction of sp³-hybridized carbons (Fsp3) is 0.684. The van der Waals surface area contributed by atoms with Gasteiger partial charge in [-0.1, -0.05) is 0 Å². The van der Waals surface area contributed by atoms with Gasteiger partial charge in [-0.15, -0.1) is 0 Å². The first kappa shape index (κ1) is 29.0. The van der Waals surface area contributed by atoms with Crippen LogP contribution in [0.15, 0.2) is 4.99 Å². The van der Waals surface area contributed by atoms with Crippen molar-refractivity contribution in [3.05, 3.63) is 0 Å². The van der Waals surface area contributed by atoms with Crippen LogP contribution in [0.5, 0.6) is 0 Å². The summed E-state index contributed by atoms with van der Waals surface area (Å²) in [5.41, 5.74) is 21.5. The zero-order valence-corrected chi connectivity index (χ0v) is 19.7. The molecule has 1 saturated heterocycles. The van der Waals surface area contributed by atoms with Gasteiger partial charge >= 0.3 is 5.97 Å². The lowest BCUT2D eigenvalue weighted by Gasteiger charge is -2.28. The SMILES string of the molecule is NC(=O)CCC(NC(=O)C(N)CCCN=C(N)N)C(=O)NC(CS)C(=O)N1CCCC1C(=O)O. The van der Waals surface area contributed by atoms with E-state index < -0.39 is 53.8 Å². The van der Waals surface area contributed by atoms with Crippen LogP contribution in [-0.2, 0) is 24.0 Å². The second-order valence-electron chi connectivity index (χ2n) is 7.89. The number of carbonyl (C=O) groups excluding carboxylic acids is 4. The first-order chi connectivity index (χ1) is 16.0. The number of carbonyl (C=O) groups is 5. The Morgan fingerprint density at radius 3 is 2.26 bits per heavy atom. The van der Waals surface area contributed by atoms with E-state index in [-0.39, 0.29) is 44.1 Å². The second kappa shape index (κ2) is 14.2. The Balaban J connectivity index is 2.82. The molecular formula is C19H34N8O6S. The summed E-state index contributed by atoms with van der Waals surface area (Å²) in [7, 11) is 0. The summed E-state index contributed by atoms with van der Waals surface area (Å²) in [6, 6.07) is -4.28. The number of hydrogen-bond donors (Lipinski definition) is 8. The highest BCUT2D eigenvalue weighted by molar-refractivity contribution is 7.80. The third kappa shape index (κ3) is 9.43. The number of primary amides is 1. The number of likely N-dealkylation sites (tertiary alicyclic amines) is 1. The van der Waals surface area contributed by atoms with Gasteiger partial charge in [-0.05, 0) is 32.1 Å². The third-order valence-electron chi connectivity index (χ3n) is 5.23. The molecule has 0 aromatic heterocycles. The molecule has 4 unspecified atom stereocenters. The number of hydrogen-bond acceptors (Lipinski definition) is 8. The summed E-state index contributed by atoms with van der Waals surface area (Å²) >= 11 is 4.10. The van der Waals surface area contributed by atoms with Crippen molar-refractivity contribution in [1.29, 1.82) is 0 Å². The maximum Gasteiger partial charge on any atom is 0.326 e. The van der Waals surface area contributed by atoms with Crippen molar-refractivity contribution in [3.63, 3.8) is 0 Å². The van der Waals surface area contributed by atoms with E-state index in [1.54, 1.807) is 0 Å².